The van der Waals surface area contributed by atoms with Gasteiger partial charge in [0, 0.05) is 19.2 Å². The number of alkyl halides is 3. The summed E-state index contributed by atoms with van der Waals surface area (Å²) in [6.45, 7) is -0.473. The first-order valence-electron chi connectivity index (χ1n) is 8.11. The number of hydrogen-bond acceptors (Lipinski definition) is 6. The highest BCUT2D eigenvalue weighted by Crippen LogP contribution is 2.17. The second-order valence-electron chi connectivity index (χ2n) is 5.46. The molecule has 0 saturated carbocycles. The van der Waals surface area contributed by atoms with E-state index < -0.39 is 41.2 Å². The van der Waals surface area contributed by atoms with E-state index in [9.17, 15) is 31.2 Å². The second kappa shape index (κ2) is 10.4. The van der Waals surface area contributed by atoms with Crippen molar-refractivity contribution in [1.29, 1.82) is 0 Å². The van der Waals surface area contributed by atoms with Gasteiger partial charge in [0.05, 0.1) is 18.1 Å². The molecule has 28 heavy (non-hydrogen) atoms. The monoisotopic (exact) mass is 426 g/mol. The number of hydrogen-bond donors (Lipinski definition) is 1. The van der Waals surface area contributed by atoms with Gasteiger partial charge in [-0.15, -0.1) is 0 Å². The standard InChI is InChI=1S/C16H21F3N2O6S/c1-3-27-14(22)10-21(8-9-26-2)28(24,25)13-6-4-12(5-7-13)15(23)20-11-16(17,18)19/h4-7H,3,8-11H2,1-2H3,(H,20,23). The normalized spacial score (nSPS) is 12.1. The number of halogens is 3. The predicted octanol–water partition coefficient (Wildman–Crippen LogP) is 1.18. The molecule has 0 aliphatic rings. The minimum Gasteiger partial charge on any atom is -0.465 e. The summed E-state index contributed by atoms with van der Waals surface area (Å²) in [5.41, 5.74) is -0.142. The van der Waals surface area contributed by atoms with Gasteiger partial charge in [-0.1, -0.05) is 0 Å². The van der Waals surface area contributed by atoms with Crippen molar-refractivity contribution >= 4 is 21.9 Å². The first-order chi connectivity index (χ1) is 13.0. The number of carbonyl (C=O) groups is 2. The third-order valence-electron chi connectivity index (χ3n) is 3.36. The molecular weight excluding hydrogens is 405 g/mol. The fourth-order valence-electron chi connectivity index (χ4n) is 2.04. The van der Waals surface area contributed by atoms with Gasteiger partial charge in [0.15, 0.2) is 0 Å². The zero-order valence-corrected chi connectivity index (χ0v) is 16.1. The Bertz CT molecular complexity index is 766. The summed E-state index contributed by atoms with van der Waals surface area (Å²) in [6, 6.07) is 4.31. The maximum absolute atomic E-state index is 12.7. The van der Waals surface area contributed by atoms with E-state index in [1.807, 2.05) is 0 Å². The van der Waals surface area contributed by atoms with Crippen molar-refractivity contribution in [2.24, 2.45) is 0 Å². The highest BCUT2D eigenvalue weighted by molar-refractivity contribution is 7.89. The summed E-state index contributed by atoms with van der Waals surface area (Å²) >= 11 is 0. The van der Waals surface area contributed by atoms with E-state index in [0.717, 1.165) is 28.6 Å². The van der Waals surface area contributed by atoms with Crippen molar-refractivity contribution in [1.82, 2.24) is 9.62 Å². The van der Waals surface area contributed by atoms with Crippen molar-refractivity contribution in [3.63, 3.8) is 0 Å². The Hall–Kier alpha value is -2.18. The number of amides is 1. The number of ether oxygens (including phenoxy) is 2. The van der Waals surface area contributed by atoms with E-state index in [1.165, 1.54) is 7.11 Å². The number of nitrogens with zero attached hydrogens (tertiary/aromatic N) is 1. The lowest BCUT2D eigenvalue weighted by atomic mass is 10.2. The molecule has 158 valence electrons. The van der Waals surface area contributed by atoms with Crippen LogP contribution in [0.25, 0.3) is 0 Å². The van der Waals surface area contributed by atoms with Crippen LogP contribution < -0.4 is 5.32 Å². The molecule has 0 aliphatic heterocycles. The molecule has 0 spiro atoms. The molecule has 0 atom stereocenters. The molecule has 0 aliphatic carbocycles. The van der Waals surface area contributed by atoms with Crippen LogP contribution in [-0.2, 0) is 24.3 Å². The third-order valence-corrected chi connectivity index (χ3v) is 5.22. The van der Waals surface area contributed by atoms with Crippen LogP contribution in [0.3, 0.4) is 0 Å². The minimum atomic E-state index is -4.56. The van der Waals surface area contributed by atoms with E-state index in [0.29, 0.717) is 0 Å². The van der Waals surface area contributed by atoms with Crippen LogP contribution in [0.4, 0.5) is 13.2 Å². The predicted molar refractivity (Wildman–Crippen MR) is 92.1 cm³/mol. The van der Waals surface area contributed by atoms with E-state index in [-0.39, 0.29) is 30.2 Å². The van der Waals surface area contributed by atoms with Gasteiger partial charge in [-0.25, -0.2) is 8.42 Å². The lowest BCUT2D eigenvalue weighted by molar-refractivity contribution is -0.143. The number of sulfonamides is 1. The van der Waals surface area contributed by atoms with Crippen LogP contribution >= 0.6 is 0 Å². The molecule has 12 heteroatoms. The summed E-state index contributed by atoms with van der Waals surface area (Å²) in [6.07, 6.45) is -4.56. The van der Waals surface area contributed by atoms with Gasteiger partial charge in [0.25, 0.3) is 5.91 Å². The Balaban J connectivity index is 2.97. The van der Waals surface area contributed by atoms with Crippen molar-refractivity contribution in [3.05, 3.63) is 29.8 Å². The van der Waals surface area contributed by atoms with Crippen LogP contribution in [-0.4, -0.2) is 70.7 Å². The highest BCUT2D eigenvalue weighted by Gasteiger charge is 2.29. The minimum absolute atomic E-state index is 0.0244. The first-order valence-corrected chi connectivity index (χ1v) is 9.55. The lowest BCUT2D eigenvalue weighted by Gasteiger charge is -2.21. The summed E-state index contributed by atoms with van der Waals surface area (Å²) in [7, 11) is -2.76. The molecule has 1 N–H and O–H groups in total. The van der Waals surface area contributed by atoms with Crippen LogP contribution in [0.5, 0.6) is 0 Å². The Kier molecular flexibility index (Phi) is 8.85. The van der Waals surface area contributed by atoms with Crippen molar-refractivity contribution in [3.8, 4) is 0 Å². The highest BCUT2D eigenvalue weighted by atomic mass is 32.2. The van der Waals surface area contributed by atoms with Gasteiger partial charge in [0.2, 0.25) is 10.0 Å². The molecule has 1 amide bonds. The SMILES string of the molecule is CCOC(=O)CN(CCOC)S(=O)(=O)c1ccc(C(=O)NCC(F)(F)F)cc1. The van der Waals surface area contributed by atoms with Gasteiger partial charge in [-0.2, -0.15) is 17.5 Å². The van der Waals surface area contributed by atoms with Gasteiger partial charge >= 0.3 is 12.1 Å². The number of rotatable bonds is 10. The molecule has 1 aromatic rings. The maximum Gasteiger partial charge on any atom is 0.405 e. The molecule has 0 fully saturated rings. The van der Waals surface area contributed by atoms with E-state index in [1.54, 1.807) is 12.2 Å². The molecule has 0 heterocycles. The van der Waals surface area contributed by atoms with E-state index in [2.05, 4.69) is 0 Å². The summed E-state index contributed by atoms with van der Waals surface area (Å²) in [5, 5.41) is 1.69. The molecule has 0 radical (unpaired) electrons. The van der Waals surface area contributed by atoms with Crippen molar-refractivity contribution < 1.29 is 40.7 Å². The van der Waals surface area contributed by atoms with E-state index in [4.69, 9.17) is 9.47 Å². The quantitative estimate of drug-likeness (QED) is 0.564. The van der Waals surface area contributed by atoms with Gasteiger partial charge in [0.1, 0.15) is 13.1 Å². The molecule has 1 rings (SSSR count). The smallest absolute Gasteiger partial charge is 0.405 e. The number of nitrogens with one attached hydrogen (secondary N) is 1. The summed E-state index contributed by atoms with van der Waals surface area (Å²) < 4.78 is 72.4. The zero-order chi connectivity index (χ0) is 21.4. The Morgan fingerprint density at radius 1 is 1.18 bits per heavy atom. The molecule has 0 unspecified atom stereocenters. The number of methoxy groups -OCH3 is 1. The zero-order valence-electron chi connectivity index (χ0n) is 15.3. The van der Waals surface area contributed by atoms with Crippen LogP contribution in [0.15, 0.2) is 29.2 Å². The molecule has 8 nitrogen and oxygen atoms in total. The largest absolute Gasteiger partial charge is 0.465 e. The van der Waals surface area contributed by atoms with Gasteiger partial charge in [-0.05, 0) is 31.2 Å². The van der Waals surface area contributed by atoms with Crippen LogP contribution in [0.1, 0.15) is 17.3 Å². The third kappa shape index (κ3) is 7.44. The number of benzene rings is 1. The van der Waals surface area contributed by atoms with Gasteiger partial charge in [-0.3, -0.25) is 9.59 Å². The fourth-order valence-corrected chi connectivity index (χ4v) is 3.41. The lowest BCUT2D eigenvalue weighted by Crippen LogP contribution is -2.38. The summed E-state index contributed by atoms with van der Waals surface area (Å²) in [5.74, 6) is -1.74. The Labute approximate surface area is 160 Å². The van der Waals surface area contributed by atoms with Crippen molar-refractivity contribution in [2.75, 3.05) is 40.0 Å². The van der Waals surface area contributed by atoms with Crippen molar-refractivity contribution in [2.45, 2.75) is 18.0 Å². The Morgan fingerprint density at radius 2 is 1.79 bits per heavy atom. The van der Waals surface area contributed by atoms with Crippen LogP contribution in [0.2, 0.25) is 0 Å². The number of esters is 1. The van der Waals surface area contributed by atoms with Gasteiger partial charge < -0.3 is 14.8 Å². The molecule has 0 saturated heterocycles. The maximum atomic E-state index is 12.7. The molecule has 0 bridgehead atoms. The van der Waals surface area contributed by atoms with Crippen LogP contribution in [0, 0.1) is 0 Å². The summed E-state index contributed by atoms with van der Waals surface area (Å²) in [4.78, 5) is 23.1. The average molecular weight is 426 g/mol. The second-order valence-corrected chi connectivity index (χ2v) is 7.40. The fraction of sp³-hybridized carbons (Fsp3) is 0.500. The first kappa shape index (κ1) is 23.9. The molecule has 1 aromatic carbocycles. The average Bonchev–Trinajstić information content (AvgIpc) is 2.62. The Morgan fingerprint density at radius 3 is 2.29 bits per heavy atom. The van der Waals surface area contributed by atoms with E-state index >= 15 is 0 Å². The number of carbonyl (C=O) groups excluding carboxylic acids is 2. The molecular formula is C16H21F3N2O6S. The topological polar surface area (TPSA) is 102 Å². The molecule has 0 aromatic heterocycles.